The van der Waals surface area contributed by atoms with Gasteiger partial charge in [0.15, 0.2) is 17.9 Å². The fourth-order valence-corrected chi connectivity index (χ4v) is 1.39. The summed E-state index contributed by atoms with van der Waals surface area (Å²) in [5, 5.41) is 6.71. The molecule has 0 unspecified atom stereocenters. The molecule has 2 aromatic rings. The number of rotatable bonds is 6. The molecule has 17 heavy (non-hydrogen) atoms. The number of ether oxygens (including phenoxy) is 1. The molecule has 0 aliphatic carbocycles. The highest BCUT2D eigenvalue weighted by Crippen LogP contribution is 2.20. The lowest BCUT2D eigenvalue weighted by molar-refractivity contribution is 0.340. The van der Waals surface area contributed by atoms with Gasteiger partial charge in [0, 0.05) is 19.2 Å². The molecule has 2 heterocycles. The van der Waals surface area contributed by atoms with Crippen LogP contribution in [0.1, 0.15) is 12.8 Å². The van der Waals surface area contributed by atoms with Crippen LogP contribution >= 0.6 is 0 Å². The van der Waals surface area contributed by atoms with Gasteiger partial charge in [0.2, 0.25) is 5.89 Å². The van der Waals surface area contributed by atoms with Gasteiger partial charge in [-0.1, -0.05) is 5.16 Å². The van der Waals surface area contributed by atoms with E-state index >= 15 is 0 Å². The minimum atomic E-state index is 0.603. The SMILES string of the molecule is CCOc1cccnc1NCCc1ncno1. The van der Waals surface area contributed by atoms with Crippen molar-refractivity contribution in [1.82, 2.24) is 15.1 Å². The largest absolute Gasteiger partial charge is 0.490 e. The normalized spacial score (nSPS) is 10.2. The van der Waals surface area contributed by atoms with Gasteiger partial charge in [0.05, 0.1) is 6.61 Å². The second kappa shape index (κ2) is 5.83. The first kappa shape index (κ1) is 11.4. The number of hydrogen-bond acceptors (Lipinski definition) is 6. The van der Waals surface area contributed by atoms with Gasteiger partial charge in [-0.05, 0) is 19.1 Å². The summed E-state index contributed by atoms with van der Waals surface area (Å²) in [5.74, 6) is 2.08. The average Bonchev–Trinajstić information content (AvgIpc) is 2.85. The first-order chi connectivity index (χ1) is 8.40. The minimum absolute atomic E-state index is 0.603. The molecule has 2 aromatic heterocycles. The molecule has 0 atom stereocenters. The maximum Gasteiger partial charge on any atom is 0.228 e. The Morgan fingerprint density at radius 2 is 2.35 bits per heavy atom. The van der Waals surface area contributed by atoms with Crippen LogP contribution in [0.5, 0.6) is 5.75 Å². The Balaban J connectivity index is 1.89. The Kier molecular flexibility index (Phi) is 3.90. The van der Waals surface area contributed by atoms with Crippen LogP contribution in [0.15, 0.2) is 29.2 Å². The predicted molar refractivity (Wildman–Crippen MR) is 61.9 cm³/mol. The van der Waals surface area contributed by atoms with Crippen LogP contribution in [0.4, 0.5) is 5.82 Å². The van der Waals surface area contributed by atoms with Crippen LogP contribution < -0.4 is 10.1 Å². The van der Waals surface area contributed by atoms with Crippen molar-refractivity contribution < 1.29 is 9.26 Å². The van der Waals surface area contributed by atoms with Gasteiger partial charge >= 0.3 is 0 Å². The molecule has 6 nitrogen and oxygen atoms in total. The van der Waals surface area contributed by atoms with Crippen molar-refractivity contribution in [3.8, 4) is 5.75 Å². The summed E-state index contributed by atoms with van der Waals surface area (Å²) in [7, 11) is 0. The van der Waals surface area contributed by atoms with Crippen molar-refractivity contribution in [2.24, 2.45) is 0 Å². The molecule has 0 aliphatic rings. The lowest BCUT2D eigenvalue weighted by Gasteiger charge is -2.09. The van der Waals surface area contributed by atoms with Crippen molar-refractivity contribution in [2.45, 2.75) is 13.3 Å². The molecule has 1 N–H and O–H groups in total. The van der Waals surface area contributed by atoms with Crippen molar-refractivity contribution in [1.29, 1.82) is 0 Å². The van der Waals surface area contributed by atoms with Gasteiger partial charge < -0.3 is 14.6 Å². The van der Waals surface area contributed by atoms with E-state index in [-0.39, 0.29) is 0 Å². The summed E-state index contributed by atoms with van der Waals surface area (Å²) in [6.45, 7) is 3.22. The molecular formula is C11H14N4O2. The second-order valence-electron chi connectivity index (χ2n) is 3.29. The maximum atomic E-state index is 5.45. The van der Waals surface area contributed by atoms with Crippen LogP contribution in [0, 0.1) is 0 Å². The Hall–Kier alpha value is -2.11. The Morgan fingerprint density at radius 1 is 1.41 bits per heavy atom. The van der Waals surface area contributed by atoms with Crippen LogP contribution in [-0.4, -0.2) is 28.3 Å². The van der Waals surface area contributed by atoms with Gasteiger partial charge in [0.1, 0.15) is 0 Å². The molecule has 0 spiro atoms. The van der Waals surface area contributed by atoms with Crippen LogP contribution in [0.25, 0.3) is 0 Å². The molecule has 90 valence electrons. The van der Waals surface area contributed by atoms with Gasteiger partial charge in [-0.25, -0.2) is 4.98 Å². The van der Waals surface area contributed by atoms with E-state index < -0.39 is 0 Å². The quantitative estimate of drug-likeness (QED) is 0.816. The second-order valence-corrected chi connectivity index (χ2v) is 3.29. The van der Waals surface area contributed by atoms with Crippen molar-refractivity contribution in [3.05, 3.63) is 30.5 Å². The molecule has 0 radical (unpaired) electrons. The van der Waals surface area contributed by atoms with Gasteiger partial charge in [-0.2, -0.15) is 4.98 Å². The van der Waals surface area contributed by atoms with Crippen molar-refractivity contribution in [3.63, 3.8) is 0 Å². The van der Waals surface area contributed by atoms with E-state index in [1.165, 1.54) is 6.33 Å². The topological polar surface area (TPSA) is 73.1 Å². The summed E-state index contributed by atoms with van der Waals surface area (Å²) in [4.78, 5) is 8.15. The molecule has 2 rings (SSSR count). The smallest absolute Gasteiger partial charge is 0.228 e. The first-order valence-electron chi connectivity index (χ1n) is 5.47. The summed E-state index contributed by atoms with van der Waals surface area (Å²) in [5.41, 5.74) is 0. The molecule has 0 fully saturated rings. The fraction of sp³-hybridized carbons (Fsp3) is 0.364. The predicted octanol–water partition coefficient (Wildman–Crippen LogP) is 1.52. The summed E-state index contributed by atoms with van der Waals surface area (Å²) in [6, 6.07) is 3.72. The zero-order valence-electron chi connectivity index (χ0n) is 9.59. The Bertz CT molecular complexity index is 444. The third kappa shape index (κ3) is 3.17. The zero-order valence-corrected chi connectivity index (χ0v) is 9.59. The molecule has 0 saturated carbocycles. The highest BCUT2D eigenvalue weighted by Gasteiger charge is 2.04. The van der Waals surface area contributed by atoms with Gasteiger partial charge in [-0.3, -0.25) is 0 Å². The number of hydrogen-bond donors (Lipinski definition) is 1. The third-order valence-electron chi connectivity index (χ3n) is 2.11. The Morgan fingerprint density at radius 3 is 3.12 bits per heavy atom. The standard InChI is InChI=1S/C11H14N4O2/c1-2-16-9-4-3-6-12-11(9)13-7-5-10-14-8-15-17-10/h3-4,6,8H,2,5,7H2,1H3,(H,12,13). The molecule has 0 amide bonds. The third-order valence-corrected chi connectivity index (χ3v) is 2.11. The molecular weight excluding hydrogens is 220 g/mol. The summed E-state index contributed by atoms with van der Waals surface area (Å²) in [6.07, 6.45) is 3.77. The fourth-order valence-electron chi connectivity index (χ4n) is 1.39. The molecule has 0 bridgehead atoms. The maximum absolute atomic E-state index is 5.45. The van der Waals surface area contributed by atoms with E-state index in [0.29, 0.717) is 25.5 Å². The van der Waals surface area contributed by atoms with Crippen LogP contribution in [-0.2, 0) is 6.42 Å². The zero-order chi connectivity index (χ0) is 11.9. The van der Waals surface area contributed by atoms with E-state index in [4.69, 9.17) is 9.26 Å². The molecule has 0 aromatic carbocycles. The minimum Gasteiger partial charge on any atom is -0.490 e. The monoisotopic (exact) mass is 234 g/mol. The summed E-state index contributed by atoms with van der Waals surface area (Å²) >= 11 is 0. The van der Waals surface area contributed by atoms with E-state index in [1.807, 2.05) is 19.1 Å². The lowest BCUT2D eigenvalue weighted by atomic mass is 10.4. The Labute approximate surface area is 99.0 Å². The molecule has 0 saturated heterocycles. The number of aromatic nitrogens is 3. The number of pyridine rings is 1. The van der Waals surface area contributed by atoms with E-state index in [0.717, 1.165) is 11.6 Å². The number of nitrogens with zero attached hydrogens (tertiary/aromatic N) is 3. The van der Waals surface area contributed by atoms with Crippen LogP contribution in [0.2, 0.25) is 0 Å². The number of nitrogens with one attached hydrogen (secondary N) is 1. The van der Waals surface area contributed by atoms with E-state index in [9.17, 15) is 0 Å². The number of anilines is 1. The molecule has 6 heteroatoms. The first-order valence-corrected chi connectivity index (χ1v) is 5.47. The van der Waals surface area contributed by atoms with E-state index in [1.54, 1.807) is 6.20 Å². The average molecular weight is 234 g/mol. The van der Waals surface area contributed by atoms with Crippen molar-refractivity contribution >= 4 is 5.82 Å². The van der Waals surface area contributed by atoms with Gasteiger partial charge in [0.25, 0.3) is 0 Å². The van der Waals surface area contributed by atoms with Gasteiger partial charge in [-0.15, -0.1) is 0 Å². The summed E-state index contributed by atoms with van der Waals surface area (Å²) < 4.78 is 10.3. The van der Waals surface area contributed by atoms with Crippen LogP contribution in [0.3, 0.4) is 0 Å². The van der Waals surface area contributed by atoms with E-state index in [2.05, 4.69) is 20.4 Å². The lowest BCUT2D eigenvalue weighted by Crippen LogP contribution is -2.08. The highest BCUT2D eigenvalue weighted by atomic mass is 16.5. The highest BCUT2D eigenvalue weighted by molar-refractivity contribution is 5.49. The van der Waals surface area contributed by atoms with Crippen molar-refractivity contribution in [2.75, 3.05) is 18.5 Å². The molecule has 0 aliphatic heterocycles.